The molecule has 1 N–H and O–H groups in total. The van der Waals surface area contributed by atoms with Crippen LogP contribution in [-0.4, -0.2) is 20.2 Å². The molecule has 110 valence electrons. The minimum absolute atomic E-state index is 0.0156. The molecule has 0 bridgehead atoms. The van der Waals surface area contributed by atoms with E-state index in [-0.39, 0.29) is 11.2 Å². The van der Waals surface area contributed by atoms with Crippen LogP contribution in [0.3, 0.4) is 0 Å². The maximum absolute atomic E-state index is 13.2. The van der Waals surface area contributed by atoms with Crippen LogP contribution in [0.25, 0.3) is 0 Å². The summed E-state index contributed by atoms with van der Waals surface area (Å²) in [6, 6.07) is 12.9. The van der Waals surface area contributed by atoms with Crippen molar-refractivity contribution in [2.24, 2.45) is 0 Å². The Kier molecular flexibility index (Phi) is 4.00. The minimum atomic E-state index is -0.193. The van der Waals surface area contributed by atoms with Crippen LogP contribution in [0.1, 0.15) is 11.1 Å². The van der Waals surface area contributed by atoms with Crippen LogP contribution in [0.2, 0.25) is 0 Å². The largest absolute Gasteiger partial charge is 0.496 e. The second kappa shape index (κ2) is 5.78. The normalized spacial score (nSPS) is 16.3. The van der Waals surface area contributed by atoms with Crippen LogP contribution in [-0.2, 0) is 11.8 Å². The Hall–Kier alpha value is -1.39. The first-order valence-electron chi connectivity index (χ1n) is 6.92. The molecular weight excluding hydrogens is 333 g/mol. The highest BCUT2D eigenvalue weighted by atomic mass is 79.9. The fourth-order valence-corrected chi connectivity index (χ4v) is 3.32. The van der Waals surface area contributed by atoms with E-state index in [4.69, 9.17) is 4.74 Å². The number of benzene rings is 2. The smallest absolute Gasteiger partial charge is 0.123 e. The molecule has 1 aliphatic heterocycles. The SMILES string of the molecule is COc1ccc(Br)cc1CC1(c2ccc(F)cc2)CNC1. The van der Waals surface area contributed by atoms with Gasteiger partial charge in [-0.05, 0) is 47.9 Å². The fourth-order valence-electron chi connectivity index (χ4n) is 2.91. The number of methoxy groups -OCH3 is 1. The van der Waals surface area contributed by atoms with Crippen molar-refractivity contribution >= 4 is 15.9 Å². The van der Waals surface area contributed by atoms with Gasteiger partial charge in [-0.25, -0.2) is 4.39 Å². The number of ether oxygens (including phenoxy) is 1. The zero-order chi connectivity index (χ0) is 14.9. The van der Waals surface area contributed by atoms with Crippen molar-refractivity contribution in [1.29, 1.82) is 0 Å². The van der Waals surface area contributed by atoms with E-state index in [1.807, 2.05) is 24.3 Å². The van der Waals surface area contributed by atoms with Crippen LogP contribution in [0.15, 0.2) is 46.9 Å². The van der Waals surface area contributed by atoms with Crippen molar-refractivity contribution in [3.8, 4) is 5.75 Å². The highest BCUT2D eigenvalue weighted by Gasteiger charge is 2.39. The highest BCUT2D eigenvalue weighted by molar-refractivity contribution is 9.10. The lowest BCUT2D eigenvalue weighted by atomic mass is 9.71. The molecule has 0 atom stereocenters. The van der Waals surface area contributed by atoms with E-state index in [1.165, 1.54) is 17.7 Å². The summed E-state index contributed by atoms with van der Waals surface area (Å²) in [6.07, 6.45) is 0.869. The summed E-state index contributed by atoms with van der Waals surface area (Å²) >= 11 is 3.52. The third-order valence-corrected chi connectivity index (χ3v) is 4.65. The van der Waals surface area contributed by atoms with Gasteiger partial charge in [0.1, 0.15) is 11.6 Å². The fraction of sp³-hybridized carbons (Fsp3) is 0.294. The first-order chi connectivity index (χ1) is 10.1. The van der Waals surface area contributed by atoms with Gasteiger partial charge in [-0.1, -0.05) is 28.1 Å². The van der Waals surface area contributed by atoms with Crippen molar-refractivity contribution in [1.82, 2.24) is 5.32 Å². The van der Waals surface area contributed by atoms with Gasteiger partial charge in [0.2, 0.25) is 0 Å². The Bertz CT molecular complexity index is 638. The standard InChI is InChI=1S/C17H17BrFNO/c1-21-16-7-4-14(18)8-12(16)9-17(10-20-11-17)13-2-5-15(19)6-3-13/h2-8,20H,9-11H2,1H3. The van der Waals surface area contributed by atoms with E-state index in [2.05, 4.69) is 27.3 Å². The molecule has 2 nitrogen and oxygen atoms in total. The van der Waals surface area contributed by atoms with E-state index in [0.717, 1.165) is 35.3 Å². The summed E-state index contributed by atoms with van der Waals surface area (Å²) in [5.41, 5.74) is 2.35. The Morgan fingerprint density at radius 2 is 1.90 bits per heavy atom. The van der Waals surface area contributed by atoms with Crippen molar-refractivity contribution in [3.05, 3.63) is 63.9 Å². The predicted octanol–water partition coefficient (Wildman–Crippen LogP) is 3.68. The first kappa shape index (κ1) is 14.5. The number of hydrogen-bond acceptors (Lipinski definition) is 2. The molecule has 0 amide bonds. The molecule has 0 radical (unpaired) electrons. The quantitative estimate of drug-likeness (QED) is 0.908. The zero-order valence-corrected chi connectivity index (χ0v) is 13.4. The molecule has 1 saturated heterocycles. The van der Waals surface area contributed by atoms with E-state index in [0.29, 0.717) is 0 Å². The van der Waals surface area contributed by atoms with Crippen molar-refractivity contribution in [2.45, 2.75) is 11.8 Å². The van der Waals surface area contributed by atoms with Crippen LogP contribution in [0, 0.1) is 5.82 Å². The van der Waals surface area contributed by atoms with Gasteiger partial charge in [-0.15, -0.1) is 0 Å². The Morgan fingerprint density at radius 3 is 2.48 bits per heavy atom. The number of rotatable bonds is 4. The topological polar surface area (TPSA) is 21.3 Å². The van der Waals surface area contributed by atoms with Crippen LogP contribution in [0.5, 0.6) is 5.75 Å². The monoisotopic (exact) mass is 349 g/mol. The summed E-state index contributed by atoms with van der Waals surface area (Å²) < 4.78 is 19.7. The summed E-state index contributed by atoms with van der Waals surface area (Å²) in [5.74, 6) is 0.702. The summed E-state index contributed by atoms with van der Waals surface area (Å²) in [4.78, 5) is 0. The Balaban J connectivity index is 1.94. The second-order valence-electron chi connectivity index (χ2n) is 5.52. The van der Waals surface area contributed by atoms with Gasteiger partial charge < -0.3 is 10.1 Å². The zero-order valence-electron chi connectivity index (χ0n) is 11.8. The summed E-state index contributed by atoms with van der Waals surface area (Å²) in [5, 5.41) is 3.34. The molecule has 0 aliphatic carbocycles. The maximum Gasteiger partial charge on any atom is 0.123 e. The Morgan fingerprint density at radius 1 is 1.19 bits per heavy atom. The molecule has 0 unspecified atom stereocenters. The second-order valence-corrected chi connectivity index (χ2v) is 6.44. The van der Waals surface area contributed by atoms with Gasteiger partial charge in [-0.3, -0.25) is 0 Å². The number of halogens is 2. The molecule has 0 saturated carbocycles. The summed E-state index contributed by atoms with van der Waals surface area (Å²) in [7, 11) is 1.69. The molecule has 2 aromatic rings. The third-order valence-electron chi connectivity index (χ3n) is 4.15. The lowest BCUT2D eigenvalue weighted by Gasteiger charge is -2.43. The molecule has 0 spiro atoms. The van der Waals surface area contributed by atoms with Crippen molar-refractivity contribution in [3.63, 3.8) is 0 Å². The molecule has 4 heteroatoms. The predicted molar refractivity (Wildman–Crippen MR) is 85.3 cm³/mol. The molecular formula is C17H17BrFNO. The maximum atomic E-state index is 13.2. The Labute approximate surface area is 132 Å². The van der Waals surface area contributed by atoms with Gasteiger partial charge in [0.25, 0.3) is 0 Å². The number of hydrogen-bond donors (Lipinski definition) is 1. The number of nitrogens with one attached hydrogen (secondary N) is 1. The third kappa shape index (κ3) is 2.83. The van der Waals surface area contributed by atoms with Gasteiger partial charge in [0, 0.05) is 23.0 Å². The van der Waals surface area contributed by atoms with Gasteiger partial charge in [0.05, 0.1) is 7.11 Å². The lowest BCUT2D eigenvalue weighted by Crippen LogP contribution is -2.58. The van der Waals surface area contributed by atoms with Crippen molar-refractivity contribution in [2.75, 3.05) is 20.2 Å². The molecule has 1 aliphatic rings. The summed E-state index contributed by atoms with van der Waals surface area (Å²) in [6.45, 7) is 1.79. The molecule has 2 aromatic carbocycles. The van der Waals surface area contributed by atoms with E-state index in [1.54, 1.807) is 7.11 Å². The molecule has 3 rings (SSSR count). The van der Waals surface area contributed by atoms with Crippen LogP contribution < -0.4 is 10.1 Å². The average molecular weight is 350 g/mol. The van der Waals surface area contributed by atoms with Gasteiger partial charge >= 0.3 is 0 Å². The molecule has 1 fully saturated rings. The van der Waals surface area contributed by atoms with E-state index in [9.17, 15) is 4.39 Å². The van der Waals surface area contributed by atoms with Gasteiger partial charge in [-0.2, -0.15) is 0 Å². The van der Waals surface area contributed by atoms with Crippen molar-refractivity contribution < 1.29 is 9.13 Å². The molecule has 21 heavy (non-hydrogen) atoms. The lowest BCUT2D eigenvalue weighted by molar-refractivity contribution is 0.271. The first-order valence-corrected chi connectivity index (χ1v) is 7.71. The van der Waals surface area contributed by atoms with Crippen LogP contribution in [0.4, 0.5) is 4.39 Å². The minimum Gasteiger partial charge on any atom is -0.496 e. The molecule has 0 aromatic heterocycles. The van der Waals surface area contributed by atoms with E-state index >= 15 is 0 Å². The van der Waals surface area contributed by atoms with Gasteiger partial charge in [0.15, 0.2) is 0 Å². The van der Waals surface area contributed by atoms with E-state index < -0.39 is 0 Å². The highest BCUT2D eigenvalue weighted by Crippen LogP contribution is 2.36. The molecule has 1 heterocycles. The van der Waals surface area contributed by atoms with Crippen LogP contribution >= 0.6 is 15.9 Å². The average Bonchev–Trinajstić information content (AvgIpc) is 2.44.